The molecular formula is C29H43ClN6O6S. The Balaban J connectivity index is 0.00000645. The van der Waals surface area contributed by atoms with E-state index in [1.807, 2.05) is 19.1 Å². The molecule has 43 heavy (non-hydrogen) atoms. The Morgan fingerprint density at radius 1 is 1.16 bits per heavy atom. The summed E-state index contributed by atoms with van der Waals surface area (Å²) in [5.41, 5.74) is 5.62. The average Bonchev–Trinajstić information content (AvgIpc) is 2.97. The molecule has 1 fully saturated rings. The molecule has 0 aliphatic carbocycles. The molecule has 12 nitrogen and oxygen atoms in total. The number of carbonyl (C=O) groups is 3. The van der Waals surface area contributed by atoms with Crippen molar-refractivity contribution in [3.8, 4) is 0 Å². The fourth-order valence-corrected chi connectivity index (χ4v) is 6.16. The molecule has 0 bridgehead atoms. The number of nitrogens with two attached hydrogens (primary N) is 1. The number of piperidine rings is 1. The van der Waals surface area contributed by atoms with Crippen LogP contribution in [0.1, 0.15) is 46.0 Å². The number of likely N-dealkylation sites (tertiary alicyclic amines) is 1. The predicted octanol–water partition coefficient (Wildman–Crippen LogP) is 2.21. The molecule has 2 aromatic carbocycles. The summed E-state index contributed by atoms with van der Waals surface area (Å²) < 4.78 is 34.5. The molecule has 0 saturated carbocycles. The number of esters is 1. The molecule has 1 aliphatic heterocycles. The minimum Gasteiger partial charge on any atom is -0.465 e. The first kappa shape index (κ1) is 35.8. The summed E-state index contributed by atoms with van der Waals surface area (Å²) in [5, 5.41) is 12.1. The molecule has 1 saturated heterocycles. The third-order valence-electron chi connectivity index (χ3n) is 7.18. The van der Waals surface area contributed by atoms with Crippen molar-refractivity contribution in [1.82, 2.24) is 19.8 Å². The molecule has 5 N–H and O–H groups in total. The normalized spacial score (nSPS) is 15.7. The van der Waals surface area contributed by atoms with Gasteiger partial charge in [0.2, 0.25) is 21.8 Å². The van der Waals surface area contributed by atoms with E-state index in [1.54, 1.807) is 30.0 Å². The Kier molecular flexibility index (Phi) is 14.2. The number of hydrogen-bond donors (Lipinski definition) is 4. The second-order valence-electron chi connectivity index (χ2n) is 10.4. The standard InChI is InChI=1S/C29H42N6O6S.ClH/c1-3-5-14-34(20-27(37)41-4-2)28(38)25(17-26(36)32-18-21-9-8-15-35(19-21)29(30)31)33-42(39,40)24-13-12-22-10-6-7-11-23(22)16-24;/h6-7,10-13,16,21,25,33H,3-5,8-9,14-15,17-20H2,1-2H3,(H3,30,31)(H,32,36);1H/t21-,25-;/m0./s1. The first-order chi connectivity index (χ1) is 20.0. The number of halogens is 1. The van der Waals surface area contributed by atoms with Crippen molar-refractivity contribution in [1.29, 1.82) is 5.41 Å². The van der Waals surface area contributed by atoms with Gasteiger partial charge in [-0.05, 0) is 55.0 Å². The smallest absolute Gasteiger partial charge is 0.325 e. The zero-order valence-corrected chi connectivity index (χ0v) is 26.3. The molecule has 2 amide bonds. The summed E-state index contributed by atoms with van der Waals surface area (Å²) in [6.45, 7) is 5.07. The summed E-state index contributed by atoms with van der Waals surface area (Å²) >= 11 is 0. The average molecular weight is 639 g/mol. The van der Waals surface area contributed by atoms with Gasteiger partial charge in [-0.15, -0.1) is 12.4 Å². The van der Waals surface area contributed by atoms with E-state index in [-0.39, 0.29) is 48.9 Å². The summed E-state index contributed by atoms with van der Waals surface area (Å²) in [5.74, 6) is -1.78. The molecule has 0 radical (unpaired) electrons. The van der Waals surface area contributed by atoms with Gasteiger partial charge in [0, 0.05) is 26.2 Å². The van der Waals surface area contributed by atoms with E-state index in [2.05, 4.69) is 10.0 Å². The van der Waals surface area contributed by atoms with E-state index >= 15 is 0 Å². The number of guanidine groups is 1. The highest BCUT2D eigenvalue weighted by molar-refractivity contribution is 7.89. The number of rotatable bonds is 14. The quantitative estimate of drug-likeness (QED) is 0.138. The molecule has 2 atom stereocenters. The third kappa shape index (κ3) is 10.7. The van der Waals surface area contributed by atoms with Crippen LogP contribution in [0.5, 0.6) is 0 Å². The van der Waals surface area contributed by atoms with Crippen LogP contribution in [0, 0.1) is 11.3 Å². The molecule has 3 rings (SSSR count). The van der Waals surface area contributed by atoms with Crippen LogP contribution in [0.2, 0.25) is 0 Å². The number of sulfonamides is 1. The fourth-order valence-electron chi connectivity index (χ4n) is 4.93. The first-order valence-electron chi connectivity index (χ1n) is 14.3. The van der Waals surface area contributed by atoms with Crippen LogP contribution >= 0.6 is 12.4 Å². The van der Waals surface area contributed by atoms with Crippen molar-refractivity contribution in [3.05, 3.63) is 42.5 Å². The Hall–Kier alpha value is -3.42. The maximum Gasteiger partial charge on any atom is 0.325 e. The maximum atomic E-state index is 13.7. The molecule has 238 valence electrons. The molecule has 14 heteroatoms. The maximum absolute atomic E-state index is 13.7. The number of nitrogens with zero attached hydrogens (tertiary/aromatic N) is 2. The zero-order chi connectivity index (χ0) is 30.7. The number of unbranched alkanes of at least 4 members (excludes halogenated alkanes) is 1. The van der Waals surface area contributed by atoms with Crippen LogP contribution in [0.3, 0.4) is 0 Å². The summed E-state index contributed by atoms with van der Waals surface area (Å²) in [7, 11) is -4.22. The molecule has 2 aromatic rings. The third-order valence-corrected chi connectivity index (χ3v) is 8.65. The number of hydrogen-bond acceptors (Lipinski definition) is 7. The van der Waals surface area contributed by atoms with Crippen molar-refractivity contribution in [3.63, 3.8) is 0 Å². The Morgan fingerprint density at radius 2 is 1.88 bits per heavy atom. The van der Waals surface area contributed by atoms with Crippen molar-refractivity contribution >= 4 is 56.9 Å². The van der Waals surface area contributed by atoms with E-state index in [0.29, 0.717) is 31.4 Å². The molecule has 0 spiro atoms. The van der Waals surface area contributed by atoms with Crippen molar-refractivity contribution in [2.75, 3.05) is 39.3 Å². The second kappa shape index (κ2) is 17.0. The Labute approximate surface area is 259 Å². The number of carbonyl (C=O) groups excluding carboxylic acids is 3. The van der Waals surface area contributed by atoms with E-state index in [1.165, 1.54) is 17.0 Å². The van der Waals surface area contributed by atoms with Gasteiger partial charge in [-0.2, -0.15) is 4.72 Å². The van der Waals surface area contributed by atoms with Crippen molar-refractivity contribution < 1.29 is 27.5 Å². The minimum atomic E-state index is -4.22. The highest BCUT2D eigenvalue weighted by atomic mass is 35.5. The van der Waals surface area contributed by atoms with Crippen LogP contribution in [0.15, 0.2) is 47.4 Å². The van der Waals surface area contributed by atoms with E-state index < -0.39 is 40.3 Å². The monoisotopic (exact) mass is 638 g/mol. The first-order valence-corrected chi connectivity index (χ1v) is 15.8. The number of amides is 2. The van der Waals surface area contributed by atoms with Gasteiger partial charge in [0.15, 0.2) is 5.96 Å². The SMILES string of the molecule is CCCCN(CC(=O)OCC)C(=O)[C@H](CC(=O)NC[C@@H]1CCCN(C(=N)N)C1)NS(=O)(=O)c1ccc2ccccc2c1.Cl. The molecule has 0 aromatic heterocycles. The molecule has 1 heterocycles. The number of ether oxygens (including phenoxy) is 1. The number of fused-ring (bicyclic) bond motifs is 1. The second-order valence-corrected chi connectivity index (χ2v) is 12.2. The zero-order valence-electron chi connectivity index (χ0n) is 24.7. The lowest BCUT2D eigenvalue weighted by atomic mass is 9.98. The summed E-state index contributed by atoms with van der Waals surface area (Å²) in [6.07, 6.45) is 2.52. The van der Waals surface area contributed by atoms with Crippen LogP contribution in [-0.2, 0) is 29.1 Å². The Morgan fingerprint density at radius 3 is 2.56 bits per heavy atom. The van der Waals surface area contributed by atoms with Crippen LogP contribution in [0.25, 0.3) is 10.8 Å². The summed E-state index contributed by atoms with van der Waals surface area (Å²) in [4.78, 5) is 42.1. The van der Waals surface area contributed by atoms with Gasteiger partial charge in [-0.25, -0.2) is 8.42 Å². The van der Waals surface area contributed by atoms with Crippen LogP contribution < -0.4 is 15.8 Å². The lowest BCUT2D eigenvalue weighted by molar-refractivity contribution is -0.149. The molecular weight excluding hydrogens is 596 g/mol. The highest BCUT2D eigenvalue weighted by Gasteiger charge is 2.33. The molecule has 1 aliphatic rings. The lowest BCUT2D eigenvalue weighted by Crippen LogP contribution is -2.52. The van der Waals surface area contributed by atoms with Crippen LogP contribution in [0.4, 0.5) is 0 Å². The topological polar surface area (TPSA) is 175 Å². The van der Waals surface area contributed by atoms with Gasteiger partial charge in [0.05, 0.1) is 17.9 Å². The van der Waals surface area contributed by atoms with Crippen molar-refractivity contribution in [2.45, 2.75) is 56.9 Å². The van der Waals surface area contributed by atoms with Gasteiger partial charge in [0.25, 0.3) is 0 Å². The Bertz CT molecular complexity index is 1370. The van der Waals surface area contributed by atoms with E-state index in [9.17, 15) is 22.8 Å². The van der Waals surface area contributed by atoms with E-state index in [0.717, 1.165) is 24.6 Å². The van der Waals surface area contributed by atoms with Crippen molar-refractivity contribution in [2.24, 2.45) is 11.7 Å². The molecule has 0 unspecified atom stereocenters. The summed E-state index contributed by atoms with van der Waals surface area (Å²) in [6, 6.07) is 10.5. The minimum absolute atomic E-state index is 0. The van der Waals surface area contributed by atoms with Crippen LogP contribution in [-0.4, -0.2) is 87.3 Å². The van der Waals surface area contributed by atoms with E-state index in [4.69, 9.17) is 15.9 Å². The largest absolute Gasteiger partial charge is 0.465 e. The van der Waals surface area contributed by atoms with Gasteiger partial charge in [-0.3, -0.25) is 19.8 Å². The van der Waals surface area contributed by atoms with Gasteiger partial charge in [0.1, 0.15) is 12.6 Å². The predicted molar refractivity (Wildman–Crippen MR) is 167 cm³/mol. The number of benzene rings is 2. The van der Waals surface area contributed by atoms with Gasteiger partial charge < -0.3 is 25.6 Å². The fraction of sp³-hybridized carbons (Fsp3) is 0.517. The number of nitrogens with one attached hydrogen (secondary N) is 3. The highest BCUT2D eigenvalue weighted by Crippen LogP contribution is 2.20. The van der Waals surface area contributed by atoms with Gasteiger partial charge in [-0.1, -0.05) is 43.7 Å². The van der Waals surface area contributed by atoms with Gasteiger partial charge >= 0.3 is 5.97 Å². The lowest BCUT2D eigenvalue weighted by Gasteiger charge is -2.33.